The van der Waals surface area contributed by atoms with Gasteiger partial charge in [-0.05, 0) is 37.6 Å². The van der Waals surface area contributed by atoms with E-state index in [2.05, 4.69) is 11.4 Å². The van der Waals surface area contributed by atoms with Crippen LogP contribution >= 0.6 is 0 Å². The van der Waals surface area contributed by atoms with E-state index in [-0.39, 0.29) is 0 Å². The van der Waals surface area contributed by atoms with E-state index < -0.39 is 0 Å². The molecular weight excluding hydrogens is 262 g/mol. The van der Waals surface area contributed by atoms with Crippen molar-refractivity contribution in [3.63, 3.8) is 0 Å². The molecule has 1 N–H and O–H groups in total. The molecule has 0 radical (unpaired) electrons. The number of hydrogen-bond acceptors (Lipinski definition) is 3. The number of benzene rings is 1. The molecule has 1 unspecified atom stereocenters. The molecule has 1 saturated carbocycles. The van der Waals surface area contributed by atoms with Crippen LogP contribution in [0.5, 0.6) is 11.5 Å². The Labute approximate surface area is 129 Å². The van der Waals surface area contributed by atoms with E-state index in [0.717, 1.165) is 17.4 Å². The highest BCUT2D eigenvalue weighted by Crippen LogP contribution is 2.36. The van der Waals surface area contributed by atoms with Gasteiger partial charge in [0.05, 0.1) is 14.2 Å². The molecule has 0 amide bonds. The van der Waals surface area contributed by atoms with Crippen molar-refractivity contribution in [3.05, 3.63) is 23.8 Å². The zero-order valence-electron chi connectivity index (χ0n) is 13.7. The van der Waals surface area contributed by atoms with Gasteiger partial charge in [-0.15, -0.1) is 0 Å². The van der Waals surface area contributed by atoms with Gasteiger partial charge in [0.25, 0.3) is 0 Å². The quantitative estimate of drug-likeness (QED) is 0.792. The molecule has 1 aromatic carbocycles. The third kappa shape index (κ3) is 4.37. The third-order valence-corrected chi connectivity index (χ3v) is 4.70. The summed E-state index contributed by atoms with van der Waals surface area (Å²) < 4.78 is 10.9. The smallest absolute Gasteiger partial charge is 0.123 e. The van der Waals surface area contributed by atoms with Gasteiger partial charge < -0.3 is 14.8 Å². The second kappa shape index (κ2) is 8.28. The number of methoxy groups -OCH3 is 2. The monoisotopic (exact) mass is 291 g/mol. The van der Waals surface area contributed by atoms with Crippen LogP contribution in [0.4, 0.5) is 0 Å². The second-order valence-electron chi connectivity index (χ2n) is 6.04. The van der Waals surface area contributed by atoms with Gasteiger partial charge in [0.1, 0.15) is 11.5 Å². The lowest BCUT2D eigenvalue weighted by Crippen LogP contribution is -2.20. The number of rotatable bonds is 6. The van der Waals surface area contributed by atoms with Crippen molar-refractivity contribution < 1.29 is 9.47 Å². The van der Waals surface area contributed by atoms with Gasteiger partial charge in [0.15, 0.2) is 0 Å². The molecular formula is C18H29NO2. The molecule has 3 heteroatoms. The first-order chi connectivity index (χ1) is 10.3. The third-order valence-electron chi connectivity index (χ3n) is 4.70. The molecule has 1 fully saturated rings. The summed E-state index contributed by atoms with van der Waals surface area (Å²) in [4.78, 5) is 0. The molecule has 1 aliphatic carbocycles. The van der Waals surface area contributed by atoms with Gasteiger partial charge in [0.2, 0.25) is 0 Å². The van der Waals surface area contributed by atoms with Crippen LogP contribution in [0.3, 0.4) is 0 Å². The Kier molecular flexibility index (Phi) is 6.37. The second-order valence-corrected chi connectivity index (χ2v) is 6.04. The summed E-state index contributed by atoms with van der Waals surface area (Å²) in [6.45, 7) is 0. The lowest BCUT2D eigenvalue weighted by Gasteiger charge is -2.24. The van der Waals surface area contributed by atoms with Crippen LogP contribution in [-0.2, 0) is 0 Å². The maximum Gasteiger partial charge on any atom is 0.123 e. The van der Waals surface area contributed by atoms with Gasteiger partial charge in [-0.2, -0.15) is 0 Å². The van der Waals surface area contributed by atoms with Crippen LogP contribution in [0.2, 0.25) is 0 Å². The minimum absolute atomic E-state index is 0.332. The average Bonchev–Trinajstić information content (AvgIpc) is 2.80. The van der Waals surface area contributed by atoms with E-state index >= 15 is 0 Å². The van der Waals surface area contributed by atoms with Gasteiger partial charge in [-0.1, -0.05) is 38.5 Å². The van der Waals surface area contributed by atoms with Crippen molar-refractivity contribution in [2.75, 3.05) is 21.3 Å². The highest BCUT2D eigenvalue weighted by molar-refractivity contribution is 5.42. The zero-order valence-corrected chi connectivity index (χ0v) is 13.7. The maximum atomic E-state index is 5.55. The fourth-order valence-electron chi connectivity index (χ4n) is 3.44. The Balaban J connectivity index is 2.15. The Morgan fingerprint density at radius 3 is 2.38 bits per heavy atom. The molecule has 3 nitrogen and oxygen atoms in total. The molecule has 1 aromatic rings. The summed E-state index contributed by atoms with van der Waals surface area (Å²) in [7, 11) is 5.50. The molecule has 118 valence electrons. The van der Waals surface area contributed by atoms with Crippen molar-refractivity contribution in [2.45, 2.75) is 51.0 Å². The standard InChI is InChI=1S/C18H29NO2/c1-19-17(12-14-8-6-4-5-7-9-14)16-13-15(20-2)10-11-18(16)21-3/h10-11,13-14,17,19H,4-9,12H2,1-3H3. The number of nitrogens with one attached hydrogen (secondary N) is 1. The first-order valence-corrected chi connectivity index (χ1v) is 8.17. The van der Waals surface area contributed by atoms with E-state index in [4.69, 9.17) is 9.47 Å². The molecule has 0 saturated heterocycles. The molecule has 2 rings (SSSR count). The Bertz CT molecular complexity index is 425. The molecule has 21 heavy (non-hydrogen) atoms. The van der Waals surface area contributed by atoms with Crippen LogP contribution in [0, 0.1) is 5.92 Å². The molecule has 0 aromatic heterocycles. The van der Waals surface area contributed by atoms with Gasteiger partial charge in [-0.3, -0.25) is 0 Å². The minimum atomic E-state index is 0.332. The minimum Gasteiger partial charge on any atom is -0.497 e. The Hall–Kier alpha value is -1.22. The summed E-state index contributed by atoms with van der Waals surface area (Å²) in [6.07, 6.45) is 9.49. The highest BCUT2D eigenvalue weighted by Gasteiger charge is 2.21. The number of hydrogen-bond donors (Lipinski definition) is 1. The average molecular weight is 291 g/mol. The molecule has 1 atom stereocenters. The van der Waals surface area contributed by atoms with Crippen LogP contribution in [0.1, 0.15) is 56.6 Å². The van der Waals surface area contributed by atoms with Crippen LogP contribution in [0.25, 0.3) is 0 Å². The molecule has 1 aliphatic rings. The lowest BCUT2D eigenvalue weighted by molar-refractivity contribution is 0.350. The summed E-state index contributed by atoms with van der Waals surface area (Å²) in [5.41, 5.74) is 1.21. The molecule has 0 heterocycles. The van der Waals surface area contributed by atoms with Crippen molar-refractivity contribution >= 4 is 0 Å². The van der Waals surface area contributed by atoms with Crippen molar-refractivity contribution in [2.24, 2.45) is 5.92 Å². The van der Waals surface area contributed by atoms with Crippen LogP contribution < -0.4 is 14.8 Å². The van der Waals surface area contributed by atoms with Crippen molar-refractivity contribution in [1.29, 1.82) is 0 Å². The fourth-order valence-corrected chi connectivity index (χ4v) is 3.44. The fraction of sp³-hybridized carbons (Fsp3) is 0.667. The molecule has 0 bridgehead atoms. The number of ether oxygens (including phenoxy) is 2. The zero-order chi connectivity index (χ0) is 15.1. The summed E-state index contributed by atoms with van der Waals surface area (Å²) in [5.74, 6) is 2.66. The summed E-state index contributed by atoms with van der Waals surface area (Å²) >= 11 is 0. The van der Waals surface area contributed by atoms with Crippen LogP contribution in [-0.4, -0.2) is 21.3 Å². The van der Waals surface area contributed by atoms with E-state index in [1.807, 2.05) is 19.2 Å². The molecule has 0 aliphatic heterocycles. The predicted molar refractivity (Wildman–Crippen MR) is 87.2 cm³/mol. The normalized spacial score (nSPS) is 18.0. The van der Waals surface area contributed by atoms with E-state index in [0.29, 0.717) is 6.04 Å². The SMILES string of the molecule is CNC(CC1CCCCCC1)c1cc(OC)ccc1OC. The maximum absolute atomic E-state index is 5.55. The van der Waals surface area contributed by atoms with E-state index in [9.17, 15) is 0 Å². The highest BCUT2D eigenvalue weighted by atomic mass is 16.5. The van der Waals surface area contributed by atoms with Crippen LogP contribution in [0.15, 0.2) is 18.2 Å². The van der Waals surface area contributed by atoms with Gasteiger partial charge in [-0.25, -0.2) is 0 Å². The predicted octanol–water partition coefficient (Wildman–Crippen LogP) is 4.32. The lowest BCUT2D eigenvalue weighted by atomic mass is 9.89. The van der Waals surface area contributed by atoms with Crippen molar-refractivity contribution in [3.8, 4) is 11.5 Å². The summed E-state index contributed by atoms with van der Waals surface area (Å²) in [6, 6.07) is 6.40. The van der Waals surface area contributed by atoms with Crippen molar-refractivity contribution in [1.82, 2.24) is 5.32 Å². The van der Waals surface area contributed by atoms with E-state index in [1.165, 1.54) is 50.5 Å². The Morgan fingerprint density at radius 2 is 1.81 bits per heavy atom. The largest absolute Gasteiger partial charge is 0.497 e. The van der Waals surface area contributed by atoms with E-state index in [1.54, 1.807) is 14.2 Å². The van der Waals surface area contributed by atoms with Gasteiger partial charge in [0, 0.05) is 11.6 Å². The van der Waals surface area contributed by atoms with Gasteiger partial charge >= 0.3 is 0 Å². The summed E-state index contributed by atoms with van der Waals surface area (Å²) in [5, 5.41) is 3.48. The topological polar surface area (TPSA) is 30.5 Å². The first-order valence-electron chi connectivity index (χ1n) is 8.17. The first kappa shape index (κ1) is 16.2. The molecule has 0 spiro atoms. The Morgan fingerprint density at radius 1 is 1.10 bits per heavy atom.